The van der Waals surface area contributed by atoms with Crippen LogP contribution in [0.5, 0.6) is 0 Å². The van der Waals surface area contributed by atoms with E-state index in [1.54, 1.807) is 19.4 Å². The Morgan fingerprint density at radius 2 is 2.12 bits per heavy atom. The van der Waals surface area contributed by atoms with E-state index in [2.05, 4.69) is 15.3 Å². The number of thiophene rings is 1. The average Bonchev–Trinajstić information content (AvgIpc) is 3.45. The van der Waals surface area contributed by atoms with Gasteiger partial charge in [-0.05, 0) is 43.2 Å². The molecule has 0 atom stereocenters. The third-order valence-electron chi connectivity index (χ3n) is 5.51. The zero-order valence-electron chi connectivity index (χ0n) is 18.8. The molecule has 1 aromatic carbocycles. The van der Waals surface area contributed by atoms with Crippen molar-refractivity contribution in [2.24, 2.45) is 0 Å². The second kappa shape index (κ2) is 10.1. The van der Waals surface area contributed by atoms with Crippen molar-refractivity contribution in [3.63, 3.8) is 0 Å². The molecule has 9 heteroatoms. The minimum Gasteiger partial charge on any atom is -0.464 e. The van der Waals surface area contributed by atoms with Gasteiger partial charge in [0.05, 0.1) is 31.3 Å². The van der Waals surface area contributed by atoms with Gasteiger partial charge in [-0.3, -0.25) is 14.5 Å². The van der Waals surface area contributed by atoms with Gasteiger partial charge >= 0.3 is 0 Å². The topological polar surface area (TPSA) is 100 Å². The first kappa shape index (κ1) is 22.9. The van der Waals surface area contributed by atoms with Crippen molar-refractivity contribution in [2.45, 2.75) is 20.4 Å². The summed E-state index contributed by atoms with van der Waals surface area (Å²) in [6.07, 6.45) is 1.58. The molecule has 3 aromatic heterocycles. The van der Waals surface area contributed by atoms with Crippen molar-refractivity contribution >= 4 is 33.1 Å². The van der Waals surface area contributed by atoms with E-state index in [9.17, 15) is 9.59 Å². The van der Waals surface area contributed by atoms with E-state index >= 15 is 0 Å². The van der Waals surface area contributed by atoms with Crippen LogP contribution in [0.4, 0.5) is 5.69 Å². The monoisotopic (exact) mass is 466 g/mol. The number of ether oxygens (including phenoxy) is 1. The quantitative estimate of drug-likeness (QED) is 0.387. The number of aryl methyl sites for hydroxylation is 1. The van der Waals surface area contributed by atoms with Gasteiger partial charge in [0.25, 0.3) is 5.56 Å². The number of H-pyrrole nitrogens is 1. The molecular formula is C24H26N4O4S. The summed E-state index contributed by atoms with van der Waals surface area (Å²) in [6, 6.07) is 9.42. The van der Waals surface area contributed by atoms with E-state index in [0.717, 1.165) is 22.4 Å². The van der Waals surface area contributed by atoms with Crippen LogP contribution < -0.4 is 10.9 Å². The summed E-state index contributed by atoms with van der Waals surface area (Å²) in [5.41, 5.74) is 3.45. The van der Waals surface area contributed by atoms with Gasteiger partial charge in [0.1, 0.15) is 16.4 Å². The summed E-state index contributed by atoms with van der Waals surface area (Å²) in [4.78, 5) is 35.6. The number of aromatic nitrogens is 2. The highest BCUT2D eigenvalue weighted by Crippen LogP contribution is 2.30. The number of benzene rings is 1. The molecule has 0 aliphatic heterocycles. The molecule has 0 radical (unpaired) electrons. The molecule has 172 valence electrons. The molecule has 2 N–H and O–H groups in total. The smallest absolute Gasteiger partial charge is 0.260 e. The normalized spacial score (nSPS) is 11.4. The van der Waals surface area contributed by atoms with E-state index in [1.165, 1.54) is 11.3 Å². The third-order valence-corrected chi connectivity index (χ3v) is 6.38. The highest BCUT2D eigenvalue weighted by molar-refractivity contribution is 7.17. The summed E-state index contributed by atoms with van der Waals surface area (Å²) in [7, 11) is 1.61. The number of anilines is 1. The maximum atomic E-state index is 12.9. The largest absolute Gasteiger partial charge is 0.464 e. The van der Waals surface area contributed by atoms with E-state index in [-0.39, 0.29) is 18.0 Å². The predicted octanol–water partition coefficient (Wildman–Crippen LogP) is 3.95. The van der Waals surface area contributed by atoms with Gasteiger partial charge in [0, 0.05) is 30.3 Å². The predicted molar refractivity (Wildman–Crippen MR) is 130 cm³/mol. The van der Waals surface area contributed by atoms with Crippen LogP contribution in [0.2, 0.25) is 0 Å². The lowest BCUT2D eigenvalue weighted by molar-refractivity contribution is -0.117. The van der Waals surface area contributed by atoms with Gasteiger partial charge in [-0.25, -0.2) is 4.98 Å². The first-order chi connectivity index (χ1) is 16.0. The van der Waals surface area contributed by atoms with Crippen molar-refractivity contribution in [2.75, 3.05) is 32.1 Å². The van der Waals surface area contributed by atoms with Crippen LogP contribution in [0.25, 0.3) is 21.5 Å². The lowest BCUT2D eigenvalue weighted by atomic mass is 10.1. The van der Waals surface area contributed by atoms with Crippen LogP contribution >= 0.6 is 11.3 Å². The number of fused-ring (bicyclic) bond motifs is 1. The molecule has 0 bridgehead atoms. The molecule has 0 saturated heterocycles. The standard InChI is InChI=1S/C24H26N4O4S/c1-15-6-4-7-18(16(15)2)25-21(29)13-28(9-11-31-3)12-20-26-23(30)22-17(14-33-24(22)27-20)19-8-5-10-32-19/h4-8,10,14H,9,11-13H2,1-3H3,(H,25,29)(H,26,27,30). The van der Waals surface area contributed by atoms with Crippen molar-refractivity contribution in [3.05, 3.63) is 69.3 Å². The number of carbonyl (C=O) groups excluding carboxylic acids is 1. The SMILES string of the molecule is COCCN(CC(=O)Nc1cccc(C)c1C)Cc1nc2scc(-c3ccco3)c2c(=O)[nH]1. The molecular weight excluding hydrogens is 440 g/mol. The van der Waals surface area contributed by atoms with Crippen molar-refractivity contribution in [3.8, 4) is 11.3 Å². The van der Waals surface area contributed by atoms with Gasteiger partial charge in [-0.1, -0.05) is 12.1 Å². The van der Waals surface area contributed by atoms with Gasteiger partial charge < -0.3 is 19.5 Å². The Hall–Kier alpha value is -3.27. The summed E-state index contributed by atoms with van der Waals surface area (Å²) in [5.74, 6) is 0.988. The van der Waals surface area contributed by atoms with Gasteiger partial charge in [-0.2, -0.15) is 0 Å². The summed E-state index contributed by atoms with van der Waals surface area (Å²) >= 11 is 1.39. The minimum atomic E-state index is -0.228. The number of hydrogen-bond acceptors (Lipinski definition) is 7. The van der Waals surface area contributed by atoms with Crippen LogP contribution in [-0.4, -0.2) is 47.6 Å². The fourth-order valence-electron chi connectivity index (χ4n) is 3.61. The van der Waals surface area contributed by atoms with Gasteiger partial charge in [-0.15, -0.1) is 11.3 Å². The van der Waals surface area contributed by atoms with E-state index in [0.29, 0.717) is 41.5 Å². The number of rotatable bonds is 9. The number of methoxy groups -OCH3 is 1. The lowest BCUT2D eigenvalue weighted by Crippen LogP contribution is -2.36. The fourth-order valence-corrected chi connectivity index (χ4v) is 4.55. The first-order valence-corrected chi connectivity index (χ1v) is 11.5. The Bertz CT molecular complexity index is 1310. The maximum Gasteiger partial charge on any atom is 0.260 e. The molecule has 0 saturated carbocycles. The average molecular weight is 467 g/mol. The number of aromatic amines is 1. The lowest BCUT2D eigenvalue weighted by Gasteiger charge is -2.21. The molecule has 33 heavy (non-hydrogen) atoms. The van der Waals surface area contributed by atoms with Crippen LogP contribution in [0, 0.1) is 13.8 Å². The molecule has 0 fully saturated rings. The second-order valence-corrected chi connectivity index (χ2v) is 8.68. The van der Waals surface area contributed by atoms with Crippen LogP contribution in [0.15, 0.2) is 51.2 Å². The number of nitrogens with one attached hydrogen (secondary N) is 2. The zero-order valence-corrected chi connectivity index (χ0v) is 19.6. The highest BCUT2D eigenvalue weighted by atomic mass is 32.1. The molecule has 1 amide bonds. The number of amides is 1. The number of carbonyl (C=O) groups is 1. The van der Waals surface area contributed by atoms with E-state index in [4.69, 9.17) is 9.15 Å². The van der Waals surface area contributed by atoms with Gasteiger partial charge in [0.15, 0.2) is 0 Å². The molecule has 3 heterocycles. The maximum absolute atomic E-state index is 12.9. The molecule has 0 spiro atoms. The van der Waals surface area contributed by atoms with Crippen molar-refractivity contribution < 1.29 is 13.9 Å². The Balaban J connectivity index is 1.52. The fraction of sp³-hybridized carbons (Fsp3) is 0.292. The van der Waals surface area contributed by atoms with E-state index in [1.807, 2.05) is 48.4 Å². The summed E-state index contributed by atoms with van der Waals surface area (Å²) < 4.78 is 10.7. The van der Waals surface area contributed by atoms with Crippen LogP contribution in [0.3, 0.4) is 0 Å². The Labute approximate surface area is 195 Å². The second-order valence-electron chi connectivity index (χ2n) is 7.82. The first-order valence-electron chi connectivity index (χ1n) is 10.6. The van der Waals surface area contributed by atoms with Gasteiger partial charge in [0.2, 0.25) is 5.91 Å². The van der Waals surface area contributed by atoms with Crippen LogP contribution in [0.1, 0.15) is 17.0 Å². The Morgan fingerprint density at radius 1 is 1.27 bits per heavy atom. The summed E-state index contributed by atoms with van der Waals surface area (Å²) in [6.45, 7) is 5.40. The molecule has 4 rings (SSSR count). The van der Waals surface area contributed by atoms with Crippen LogP contribution in [-0.2, 0) is 16.1 Å². The Morgan fingerprint density at radius 3 is 2.88 bits per heavy atom. The highest BCUT2D eigenvalue weighted by Gasteiger charge is 2.18. The van der Waals surface area contributed by atoms with Crippen molar-refractivity contribution in [1.29, 1.82) is 0 Å². The zero-order chi connectivity index (χ0) is 23.4. The molecule has 4 aromatic rings. The molecule has 0 aliphatic rings. The molecule has 0 unspecified atom stereocenters. The third kappa shape index (κ3) is 5.22. The molecule has 8 nitrogen and oxygen atoms in total. The van der Waals surface area contributed by atoms with Crippen molar-refractivity contribution in [1.82, 2.24) is 14.9 Å². The molecule has 0 aliphatic carbocycles. The Kier molecular flexibility index (Phi) is 7.02. The summed E-state index contributed by atoms with van der Waals surface area (Å²) in [5, 5.41) is 5.36. The number of hydrogen-bond donors (Lipinski definition) is 2. The van der Waals surface area contributed by atoms with E-state index < -0.39 is 0 Å². The number of nitrogens with zero attached hydrogens (tertiary/aromatic N) is 2. The number of furan rings is 1. The minimum absolute atomic E-state index is 0.139.